The fourth-order valence-corrected chi connectivity index (χ4v) is 2.68. The van der Waals surface area contributed by atoms with Crippen molar-refractivity contribution in [1.29, 1.82) is 0 Å². The van der Waals surface area contributed by atoms with Crippen LogP contribution < -0.4 is 10.2 Å². The van der Waals surface area contributed by atoms with Crippen LogP contribution in [0, 0.1) is 0 Å². The molecular formula is C13H21N5O2. The Kier molecular flexibility index (Phi) is 3.88. The molecular weight excluding hydrogens is 258 g/mol. The van der Waals surface area contributed by atoms with Crippen LogP contribution in [0.5, 0.6) is 0 Å². The molecule has 1 aromatic rings. The van der Waals surface area contributed by atoms with Crippen LogP contribution in [-0.4, -0.2) is 72.6 Å². The van der Waals surface area contributed by atoms with Gasteiger partial charge in [0.1, 0.15) is 6.10 Å². The van der Waals surface area contributed by atoms with E-state index in [1.54, 1.807) is 4.68 Å². The van der Waals surface area contributed by atoms with Crippen molar-refractivity contribution < 1.29 is 9.53 Å². The highest BCUT2D eigenvalue weighted by atomic mass is 16.5. The standard InChI is InChI=1S/C13H21N5O2/c1-16-10-11(8-15-16)17-3-5-18(6-4-17)13(19)12-9-14-2-7-20-12/h8,10,12,14H,2-7,9H2,1H3. The number of aromatic nitrogens is 2. The predicted octanol–water partition coefficient (Wildman–Crippen LogP) is -0.943. The lowest BCUT2D eigenvalue weighted by Crippen LogP contribution is -2.55. The number of nitrogens with zero attached hydrogens (tertiary/aromatic N) is 4. The predicted molar refractivity (Wildman–Crippen MR) is 74.6 cm³/mol. The smallest absolute Gasteiger partial charge is 0.253 e. The van der Waals surface area contributed by atoms with Crippen LogP contribution in [0.1, 0.15) is 0 Å². The van der Waals surface area contributed by atoms with Gasteiger partial charge in [0.25, 0.3) is 5.91 Å². The topological polar surface area (TPSA) is 62.6 Å². The summed E-state index contributed by atoms with van der Waals surface area (Å²) in [7, 11) is 1.91. The lowest BCUT2D eigenvalue weighted by atomic mass is 10.2. The van der Waals surface area contributed by atoms with Gasteiger partial charge < -0.3 is 19.9 Å². The fraction of sp³-hybridized carbons (Fsp3) is 0.692. The van der Waals surface area contributed by atoms with Gasteiger partial charge in [0.05, 0.1) is 18.5 Å². The Balaban J connectivity index is 1.54. The van der Waals surface area contributed by atoms with Crippen molar-refractivity contribution in [3.63, 3.8) is 0 Å². The summed E-state index contributed by atoms with van der Waals surface area (Å²) in [6.07, 6.45) is 3.56. The van der Waals surface area contributed by atoms with E-state index in [4.69, 9.17) is 4.74 Å². The van der Waals surface area contributed by atoms with Gasteiger partial charge in [-0.2, -0.15) is 5.10 Å². The number of hydrogen-bond acceptors (Lipinski definition) is 5. The molecule has 2 saturated heterocycles. The van der Waals surface area contributed by atoms with E-state index in [1.807, 2.05) is 24.3 Å². The van der Waals surface area contributed by atoms with Gasteiger partial charge in [0.15, 0.2) is 0 Å². The van der Waals surface area contributed by atoms with Gasteiger partial charge in [-0.1, -0.05) is 0 Å². The third-order valence-corrected chi connectivity index (χ3v) is 3.85. The number of hydrogen-bond donors (Lipinski definition) is 1. The van der Waals surface area contributed by atoms with Crippen molar-refractivity contribution in [3.05, 3.63) is 12.4 Å². The molecule has 20 heavy (non-hydrogen) atoms. The number of nitrogens with one attached hydrogen (secondary N) is 1. The first kappa shape index (κ1) is 13.4. The Labute approximate surface area is 118 Å². The Hall–Kier alpha value is -1.60. The highest BCUT2D eigenvalue weighted by molar-refractivity contribution is 5.81. The van der Waals surface area contributed by atoms with Gasteiger partial charge in [-0.25, -0.2) is 0 Å². The largest absolute Gasteiger partial charge is 0.366 e. The molecule has 2 aliphatic heterocycles. The molecule has 0 spiro atoms. The number of amides is 1. The van der Waals surface area contributed by atoms with E-state index in [0.29, 0.717) is 13.2 Å². The monoisotopic (exact) mass is 279 g/mol. The second-order valence-electron chi connectivity index (χ2n) is 5.25. The molecule has 7 heteroatoms. The maximum Gasteiger partial charge on any atom is 0.253 e. The highest BCUT2D eigenvalue weighted by Gasteiger charge is 2.29. The molecule has 1 N–H and O–H groups in total. The Bertz CT molecular complexity index is 461. The first-order valence-corrected chi connectivity index (χ1v) is 7.09. The Morgan fingerprint density at radius 1 is 1.40 bits per heavy atom. The summed E-state index contributed by atoms with van der Waals surface area (Å²) < 4.78 is 7.33. The zero-order valence-corrected chi connectivity index (χ0v) is 11.8. The second kappa shape index (κ2) is 5.80. The molecule has 2 aliphatic rings. The minimum atomic E-state index is -0.311. The van der Waals surface area contributed by atoms with Crippen molar-refractivity contribution in [1.82, 2.24) is 20.0 Å². The maximum atomic E-state index is 12.3. The summed E-state index contributed by atoms with van der Waals surface area (Å²) >= 11 is 0. The summed E-state index contributed by atoms with van der Waals surface area (Å²) in [6, 6.07) is 0. The van der Waals surface area contributed by atoms with Gasteiger partial charge in [-0.05, 0) is 0 Å². The molecule has 0 bridgehead atoms. The van der Waals surface area contributed by atoms with Crippen molar-refractivity contribution in [2.45, 2.75) is 6.10 Å². The van der Waals surface area contributed by atoms with Crippen LogP contribution in [0.15, 0.2) is 12.4 Å². The van der Waals surface area contributed by atoms with Crippen LogP contribution in [0.4, 0.5) is 5.69 Å². The van der Waals surface area contributed by atoms with Gasteiger partial charge in [0.2, 0.25) is 0 Å². The molecule has 0 aliphatic carbocycles. The van der Waals surface area contributed by atoms with Crippen LogP contribution >= 0.6 is 0 Å². The average Bonchev–Trinajstić information content (AvgIpc) is 2.94. The fourth-order valence-electron chi connectivity index (χ4n) is 2.68. The molecule has 3 rings (SSSR count). The normalized spacial score (nSPS) is 23.9. The third kappa shape index (κ3) is 2.78. The van der Waals surface area contributed by atoms with Crippen molar-refractivity contribution in [2.75, 3.05) is 50.8 Å². The van der Waals surface area contributed by atoms with Gasteiger partial charge in [-0.15, -0.1) is 0 Å². The number of piperazine rings is 1. The molecule has 110 valence electrons. The number of anilines is 1. The van der Waals surface area contributed by atoms with E-state index < -0.39 is 0 Å². The number of carbonyl (C=O) groups excluding carboxylic acids is 1. The van der Waals surface area contributed by atoms with E-state index in [-0.39, 0.29) is 12.0 Å². The minimum Gasteiger partial charge on any atom is -0.366 e. The molecule has 7 nitrogen and oxygen atoms in total. The number of aryl methyl sites for hydroxylation is 1. The van der Waals surface area contributed by atoms with E-state index in [0.717, 1.165) is 38.4 Å². The summed E-state index contributed by atoms with van der Waals surface area (Å²) in [5.41, 5.74) is 1.12. The van der Waals surface area contributed by atoms with Crippen molar-refractivity contribution >= 4 is 11.6 Å². The van der Waals surface area contributed by atoms with Crippen LogP contribution in [0.3, 0.4) is 0 Å². The highest BCUT2D eigenvalue weighted by Crippen LogP contribution is 2.15. The number of morpholine rings is 1. The van der Waals surface area contributed by atoms with E-state index >= 15 is 0 Å². The lowest BCUT2D eigenvalue weighted by Gasteiger charge is -2.37. The Morgan fingerprint density at radius 3 is 2.80 bits per heavy atom. The van der Waals surface area contributed by atoms with Gasteiger partial charge in [-0.3, -0.25) is 9.48 Å². The first-order chi connectivity index (χ1) is 9.74. The lowest BCUT2D eigenvalue weighted by molar-refractivity contribution is -0.145. The van der Waals surface area contributed by atoms with Crippen molar-refractivity contribution in [2.24, 2.45) is 7.05 Å². The summed E-state index contributed by atoms with van der Waals surface area (Å²) in [4.78, 5) is 16.5. The number of carbonyl (C=O) groups is 1. The zero-order chi connectivity index (χ0) is 13.9. The van der Waals surface area contributed by atoms with Crippen LogP contribution in [-0.2, 0) is 16.6 Å². The summed E-state index contributed by atoms with van der Waals surface area (Å²) in [5.74, 6) is 0.114. The molecule has 3 heterocycles. The van der Waals surface area contributed by atoms with Gasteiger partial charge >= 0.3 is 0 Å². The molecule has 0 radical (unpaired) electrons. The van der Waals surface area contributed by atoms with E-state index in [2.05, 4.69) is 15.3 Å². The molecule has 1 amide bonds. The van der Waals surface area contributed by atoms with Crippen molar-refractivity contribution in [3.8, 4) is 0 Å². The molecule has 1 aromatic heterocycles. The Morgan fingerprint density at radius 2 is 2.20 bits per heavy atom. The molecule has 0 aromatic carbocycles. The van der Waals surface area contributed by atoms with E-state index in [9.17, 15) is 4.79 Å². The van der Waals surface area contributed by atoms with Crippen LogP contribution in [0.2, 0.25) is 0 Å². The quantitative estimate of drug-likeness (QED) is 0.757. The molecule has 1 atom stereocenters. The number of rotatable bonds is 2. The third-order valence-electron chi connectivity index (χ3n) is 3.85. The second-order valence-corrected chi connectivity index (χ2v) is 5.25. The molecule has 0 saturated carbocycles. The zero-order valence-electron chi connectivity index (χ0n) is 11.8. The minimum absolute atomic E-state index is 0.114. The summed E-state index contributed by atoms with van der Waals surface area (Å²) in [6.45, 7) is 5.25. The number of ether oxygens (including phenoxy) is 1. The SMILES string of the molecule is Cn1cc(N2CCN(C(=O)C3CNCCO3)CC2)cn1. The first-order valence-electron chi connectivity index (χ1n) is 7.09. The molecule has 2 fully saturated rings. The average molecular weight is 279 g/mol. The summed E-state index contributed by atoms with van der Waals surface area (Å²) in [5, 5.41) is 7.38. The maximum absolute atomic E-state index is 12.3. The van der Waals surface area contributed by atoms with Gasteiger partial charge in [0, 0.05) is 52.5 Å². The van der Waals surface area contributed by atoms with Crippen LogP contribution in [0.25, 0.3) is 0 Å². The molecule has 1 unspecified atom stereocenters. The van der Waals surface area contributed by atoms with E-state index in [1.165, 1.54) is 0 Å².